The Labute approximate surface area is 117 Å². The van der Waals surface area contributed by atoms with Crippen molar-refractivity contribution in [3.63, 3.8) is 0 Å². The van der Waals surface area contributed by atoms with Crippen LogP contribution in [0.5, 0.6) is 0 Å². The molecule has 1 aromatic carbocycles. The Morgan fingerprint density at radius 3 is 2.85 bits per heavy atom. The average molecular weight is 273 g/mol. The van der Waals surface area contributed by atoms with Crippen LogP contribution in [0.2, 0.25) is 0 Å². The van der Waals surface area contributed by atoms with Crippen molar-refractivity contribution in [3.8, 4) is 0 Å². The summed E-state index contributed by atoms with van der Waals surface area (Å²) in [7, 11) is 0. The van der Waals surface area contributed by atoms with E-state index in [1.165, 1.54) is 0 Å². The number of nitrogen functional groups attached to an aromatic ring is 1. The van der Waals surface area contributed by atoms with E-state index in [1.54, 1.807) is 30.6 Å². The van der Waals surface area contributed by atoms with Gasteiger partial charge >= 0.3 is 0 Å². The number of rotatable bonds is 5. The SMILES string of the molecule is CCC(NC(=O)c1ccc(NN)c(C)c1)c1ncc[nH]1. The van der Waals surface area contributed by atoms with Crippen molar-refractivity contribution in [2.24, 2.45) is 5.84 Å². The molecule has 0 aliphatic rings. The summed E-state index contributed by atoms with van der Waals surface area (Å²) in [5.74, 6) is 6.02. The number of nitrogens with one attached hydrogen (secondary N) is 3. The molecule has 0 spiro atoms. The first-order valence-corrected chi connectivity index (χ1v) is 6.53. The highest BCUT2D eigenvalue weighted by Gasteiger charge is 2.16. The van der Waals surface area contributed by atoms with Crippen LogP contribution in [0.1, 0.15) is 41.1 Å². The van der Waals surface area contributed by atoms with Gasteiger partial charge in [0.15, 0.2) is 0 Å². The second kappa shape index (κ2) is 6.21. The minimum atomic E-state index is -0.125. The van der Waals surface area contributed by atoms with Gasteiger partial charge in [-0.1, -0.05) is 6.92 Å². The lowest BCUT2D eigenvalue weighted by Crippen LogP contribution is -2.29. The number of imidazole rings is 1. The fraction of sp³-hybridized carbons (Fsp3) is 0.286. The van der Waals surface area contributed by atoms with Gasteiger partial charge in [0, 0.05) is 18.0 Å². The number of carbonyl (C=O) groups excluding carboxylic acids is 1. The Hall–Kier alpha value is -2.34. The van der Waals surface area contributed by atoms with Crippen LogP contribution in [0.4, 0.5) is 5.69 Å². The van der Waals surface area contributed by atoms with Gasteiger partial charge in [0.1, 0.15) is 5.82 Å². The van der Waals surface area contributed by atoms with Crippen LogP contribution >= 0.6 is 0 Å². The summed E-state index contributed by atoms with van der Waals surface area (Å²) in [6.45, 7) is 3.90. The Bertz CT molecular complexity index is 579. The number of amides is 1. The van der Waals surface area contributed by atoms with Gasteiger partial charge in [0.2, 0.25) is 0 Å². The molecule has 0 aliphatic heterocycles. The number of aryl methyl sites for hydroxylation is 1. The smallest absolute Gasteiger partial charge is 0.251 e. The van der Waals surface area contributed by atoms with Gasteiger partial charge in [-0.15, -0.1) is 0 Å². The third-order valence-electron chi connectivity index (χ3n) is 3.21. The zero-order valence-corrected chi connectivity index (χ0v) is 11.6. The molecule has 1 heterocycles. The third kappa shape index (κ3) is 2.97. The number of nitrogens with zero attached hydrogens (tertiary/aromatic N) is 1. The fourth-order valence-corrected chi connectivity index (χ4v) is 2.04. The summed E-state index contributed by atoms with van der Waals surface area (Å²) in [6.07, 6.45) is 4.19. The highest BCUT2D eigenvalue weighted by Crippen LogP contribution is 2.17. The predicted molar refractivity (Wildman–Crippen MR) is 78.1 cm³/mol. The van der Waals surface area contributed by atoms with Crippen molar-refractivity contribution in [1.29, 1.82) is 0 Å². The fourth-order valence-electron chi connectivity index (χ4n) is 2.04. The summed E-state index contributed by atoms with van der Waals surface area (Å²) in [4.78, 5) is 19.5. The molecule has 6 heteroatoms. The lowest BCUT2D eigenvalue weighted by Gasteiger charge is -2.15. The summed E-state index contributed by atoms with van der Waals surface area (Å²) in [5, 5.41) is 2.97. The monoisotopic (exact) mass is 273 g/mol. The van der Waals surface area contributed by atoms with Crippen LogP contribution < -0.4 is 16.6 Å². The lowest BCUT2D eigenvalue weighted by molar-refractivity contribution is 0.0934. The molecule has 106 valence electrons. The van der Waals surface area contributed by atoms with Crippen molar-refractivity contribution in [2.75, 3.05) is 5.43 Å². The maximum absolute atomic E-state index is 12.3. The number of carbonyl (C=O) groups is 1. The first-order valence-electron chi connectivity index (χ1n) is 6.53. The molecule has 1 aromatic heterocycles. The van der Waals surface area contributed by atoms with E-state index in [1.807, 2.05) is 13.8 Å². The van der Waals surface area contributed by atoms with Gasteiger partial charge in [0.05, 0.1) is 11.7 Å². The van der Waals surface area contributed by atoms with E-state index >= 15 is 0 Å². The molecule has 20 heavy (non-hydrogen) atoms. The van der Waals surface area contributed by atoms with Crippen LogP contribution in [-0.2, 0) is 0 Å². The van der Waals surface area contributed by atoms with Crippen LogP contribution in [0, 0.1) is 6.92 Å². The highest BCUT2D eigenvalue weighted by atomic mass is 16.1. The molecule has 0 saturated heterocycles. The Kier molecular flexibility index (Phi) is 4.37. The molecular formula is C14H19N5O. The first-order chi connectivity index (χ1) is 9.65. The van der Waals surface area contributed by atoms with Crippen molar-refractivity contribution in [2.45, 2.75) is 26.3 Å². The molecule has 5 N–H and O–H groups in total. The number of aromatic amines is 1. The van der Waals surface area contributed by atoms with Crippen LogP contribution in [0.15, 0.2) is 30.6 Å². The lowest BCUT2D eigenvalue weighted by atomic mass is 10.1. The number of anilines is 1. The van der Waals surface area contributed by atoms with E-state index in [4.69, 9.17) is 5.84 Å². The Balaban J connectivity index is 2.13. The molecule has 0 aliphatic carbocycles. The van der Waals surface area contributed by atoms with E-state index < -0.39 is 0 Å². The van der Waals surface area contributed by atoms with Crippen LogP contribution in [-0.4, -0.2) is 15.9 Å². The normalized spacial score (nSPS) is 11.9. The molecule has 2 aromatic rings. The quantitative estimate of drug-likeness (QED) is 0.494. The molecule has 1 unspecified atom stereocenters. The van der Waals surface area contributed by atoms with Gasteiger partial charge in [-0.05, 0) is 37.1 Å². The minimum absolute atomic E-state index is 0.120. The third-order valence-corrected chi connectivity index (χ3v) is 3.21. The van der Waals surface area contributed by atoms with E-state index in [0.717, 1.165) is 23.5 Å². The molecule has 0 bridgehead atoms. The number of hydrogen-bond acceptors (Lipinski definition) is 4. The number of hydrogen-bond donors (Lipinski definition) is 4. The maximum Gasteiger partial charge on any atom is 0.251 e. The van der Waals surface area contributed by atoms with Crippen molar-refractivity contribution >= 4 is 11.6 Å². The summed E-state index contributed by atoms with van der Waals surface area (Å²) < 4.78 is 0. The van der Waals surface area contributed by atoms with Crippen LogP contribution in [0.3, 0.4) is 0 Å². The second-order valence-electron chi connectivity index (χ2n) is 4.58. The second-order valence-corrected chi connectivity index (χ2v) is 4.58. The first kappa shape index (κ1) is 14.1. The standard InChI is InChI=1S/C14H19N5O/c1-3-11(13-16-6-7-17-13)18-14(20)10-4-5-12(19-15)9(2)8-10/h4-8,11,19H,3,15H2,1-2H3,(H,16,17)(H,18,20). The molecular weight excluding hydrogens is 254 g/mol. The highest BCUT2D eigenvalue weighted by molar-refractivity contribution is 5.95. The van der Waals surface area contributed by atoms with Crippen molar-refractivity contribution in [1.82, 2.24) is 15.3 Å². The molecule has 0 fully saturated rings. The molecule has 0 saturated carbocycles. The van der Waals surface area contributed by atoms with Crippen LogP contribution in [0.25, 0.3) is 0 Å². The number of H-pyrrole nitrogens is 1. The van der Waals surface area contributed by atoms with E-state index in [-0.39, 0.29) is 11.9 Å². The van der Waals surface area contributed by atoms with Gasteiger partial charge in [-0.25, -0.2) is 4.98 Å². The summed E-state index contributed by atoms with van der Waals surface area (Å²) in [6, 6.07) is 5.22. The average Bonchev–Trinajstić information content (AvgIpc) is 2.98. The van der Waals surface area contributed by atoms with E-state index in [2.05, 4.69) is 20.7 Å². The summed E-state index contributed by atoms with van der Waals surface area (Å²) in [5.41, 5.74) is 4.92. The zero-order chi connectivity index (χ0) is 14.5. The molecule has 6 nitrogen and oxygen atoms in total. The van der Waals surface area contributed by atoms with E-state index in [9.17, 15) is 4.79 Å². The number of hydrazine groups is 1. The Morgan fingerprint density at radius 2 is 2.30 bits per heavy atom. The van der Waals surface area contributed by atoms with E-state index in [0.29, 0.717) is 5.56 Å². The maximum atomic E-state index is 12.3. The largest absolute Gasteiger partial charge is 0.347 e. The molecule has 1 atom stereocenters. The van der Waals surface area contributed by atoms with Gasteiger partial charge < -0.3 is 15.7 Å². The molecule has 2 rings (SSSR count). The molecule has 1 amide bonds. The predicted octanol–water partition coefficient (Wildman–Crippen LogP) is 1.88. The number of benzene rings is 1. The van der Waals surface area contributed by atoms with Gasteiger partial charge in [-0.2, -0.15) is 0 Å². The zero-order valence-electron chi connectivity index (χ0n) is 11.6. The van der Waals surface area contributed by atoms with Gasteiger partial charge in [-0.3, -0.25) is 10.6 Å². The number of aromatic nitrogens is 2. The number of nitrogens with two attached hydrogens (primary N) is 1. The topological polar surface area (TPSA) is 95.8 Å². The van der Waals surface area contributed by atoms with Crippen molar-refractivity contribution < 1.29 is 4.79 Å². The summed E-state index contributed by atoms with van der Waals surface area (Å²) >= 11 is 0. The van der Waals surface area contributed by atoms with Crippen molar-refractivity contribution in [3.05, 3.63) is 47.5 Å². The Morgan fingerprint density at radius 1 is 1.50 bits per heavy atom. The molecule has 0 radical (unpaired) electrons. The van der Waals surface area contributed by atoms with Gasteiger partial charge in [0.25, 0.3) is 5.91 Å². The minimum Gasteiger partial charge on any atom is -0.347 e.